The van der Waals surface area contributed by atoms with Gasteiger partial charge in [0.15, 0.2) is 5.78 Å². The van der Waals surface area contributed by atoms with Crippen LogP contribution in [-0.2, 0) is 9.59 Å². The van der Waals surface area contributed by atoms with Crippen LogP contribution in [0.15, 0.2) is 58.6 Å². The van der Waals surface area contributed by atoms with Gasteiger partial charge in [0.25, 0.3) is 5.69 Å². The molecule has 1 heterocycles. The number of carbonyl (C=O) groups is 2. The molecule has 0 bridgehead atoms. The number of allylic oxidation sites excluding steroid dienone is 2. The molecule has 0 spiro atoms. The average molecular weight is 423 g/mol. The van der Waals surface area contributed by atoms with Crippen molar-refractivity contribution in [1.82, 2.24) is 0 Å². The molecule has 0 radical (unpaired) electrons. The number of amides is 1. The summed E-state index contributed by atoms with van der Waals surface area (Å²) in [6, 6.07) is 12.8. The lowest BCUT2D eigenvalue weighted by atomic mass is 9.77. The van der Waals surface area contributed by atoms with Crippen molar-refractivity contribution in [2.75, 3.05) is 11.2 Å². The number of rotatable bonds is 4. The maximum Gasteiger partial charge on any atom is 0.293 e. The molecule has 1 amide bonds. The highest BCUT2D eigenvalue weighted by atomic mass is 32.2. The van der Waals surface area contributed by atoms with Crippen molar-refractivity contribution in [2.24, 2.45) is 0 Å². The Bertz CT molecular complexity index is 1080. The molecule has 7 heteroatoms. The van der Waals surface area contributed by atoms with E-state index in [1.54, 1.807) is 30.8 Å². The molecule has 4 rings (SSSR count). The molecule has 30 heavy (non-hydrogen) atoms. The summed E-state index contributed by atoms with van der Waals surface area (Å²) in [5.74, 6) is -0.492. The quantitative estimate of drug-likeness (QED) is 0.387. The molecule has 1 aliphatic heterocycles. The van der Waals surface area contributed by atoms with Gasteiger partial charge in [-0.2, -0.15) is 0 Å². The molecule has 6 nitrogen and oxygen atoms in total. The van der Waals surface area contributed by atoms with E-state index in [0.717, 1.165) is 16.0 Å². The van der Waals surface area contributed by atoms with Crippen LogP contribution in [0.1, 0.15) is 42.7 Å². The highest BCUT2D eigenvalue weighted by molar-refractivity contribution is 7.98. The first-order chi connectivity index (χ1) is 14.4. The number of nitro benzene ring substituents is 1. The Morgan fingerprint density at radius 2 is 1.83 bits per heavy atom. The normalized spacial score (nSPS) is 19.1. The number of anilines is 1. The number of nitro groups is 1. The monoisotopic (exact) mass is 422 g/mol. The first-order valence-electron chi connectivity index (χ1n) is 9.89. The molecule has 0 N–H and O–H groups in total. The SMILES string of the molecule is CSc1ccc(C2CC(=O)N(c3ccc(C)cc3[N+](=O)[O-])C3=C2C(=O)CCC3)cc1. The van der Waals surface area contributed by atoms with Crippen LogP contribution in [0.25, 0.3) is 0 Å². The van der Waals surface area contributed by atoms with Gasteiger partial charge in [0.1, 0.15) is 5.69 Å². The van der Waals surface area contributed by atoms with Crippen LogP contribution in [0.4, 0.5) is 11.4 Å². The Hall–Kier alpha value is -2.93. The number of hydrogen-bond donors (Lipinski definition) is 0. The summed E-state index contributed by atoms with van der Waals surface area (Å²) in [7, 11) is 0. The molecule has 0 fully saturated rings. The number of nitrogens with zero attached hydrogens (tertiary/aromatic N) is 2. The fraction of sp³-hybridized carbons (Fsp3) is 0.304. The lowest BCUT2D eigenvalue weighted by molar-refractivity contribution is -0.384. The molecule has 2 aromatic rings. The van der Waals surface area contributed by atoms with Gasteiger partial charge in [0.05, 0.1) is 4.92 Å². The molecule has 154 valence electrons. The van der Waals surface area contributed by atoms with Gasteiger partial charge in [-0.3, -0.25) is 24.6 Å². The van der Waals surface area contributed by atoms with Gasteiger partial charge in [-0.15, -0.1) is 11.8 Å². The zero-order valence-electron chi connectivity index (χ0n) is 16.9. The molecule has 1 atom stereocenters. The zero-order valence-corrected chi connectivity index (χ0v) is 17.7. The zero-order chi connectivity index (χ0) is 21.4. The van der Waals surface area contributed by atoms with Crippen LogP contribution < -0.4 is 4.90 Å². The molecule has 1 unspecified atom stereocenters. The summed E-state index contributed by atoms with van der Waals surface area (Å²) in [6.07, 6.45) is 3.75. The second-order valence-electron chi connectivity index (χ2n) is 7.65. The van der Waals surface area contributed by atoms with Crippen LogP contribution in [0, 0.1) is 17.0 Å². The fourth-order valence-electron chi connectivity index (χ4n) is 4.36. The first kappa shape index (κ1) is 20.3. The van der Waals surface area contributed by atoms with Crippen LogP contribution in [-0.4, -0.2) is 22.9 Å². The average Bonchev–Trinajstić information content (AvgIpc) is 2.74. The summed E-state index contributed by atoms with van der Waals surface area (Å²) in [4.78, 5) is 40.0. The van der Waals surface area contributed by atoms with Crippen LogP contribution >= 0.6 is 11.8 Å². The minimum Gasteiger partial charge on any atom is -0.294 e. The second kappa shape index (κ2) is 8.07. The van der Waals surface area contributed by atoms with E-state index in [1.165, 1.54) is 11.0 Å². The van der Waals surface area contributed by atoms with Crippen molar-refractivity contribution >= 4 is 34.8 Å². The van der Waals surface area contributed by atoms with Crippen molar-refractivity contribution in [3.05, 3.63) is 75.0 Å². The highest BCUT2D eigenvalue weighted by Crippen LogP contribution is 2.45. The third-order valence-corrected chi connectivity index (χ3v) is 6.51. The van der Waals surface area contributed by atoms with E-state index in [9.17, 15) is 19.7 Å². The summed E-state index contributed by atoms with van der Waals surface area (Å²) < 4.78 is 0. The Balaban J connectivity index is 1.87. The lowest BCUT2D eigenvalue weighted by Crippen LogP contribution is -2.40. The molecule has 0 saturated carbocycles. The fourth-order valence-corrected chi connectivity index (χ4v) is 4.77. The van der Waals surface area contributed by atoms with E-state index in [4.69, 9.17) is 0 Å². The van der Waals surface area contributed by atoms with Gasteiger partial charge in [-0.1, -0.05) is 18.2 Å². The third kappa shape index (κ3) is 3.54. The van der Waals surface area contributed by atoms with Gasteiger partial charge in [-0.05, 0) is 55.3 Å². The topological polar surface area (TPSA) is 80.5 Å². The maximum absolute atomic E-state index is 13.3. The Morgan fingerprint density at radius 1 is 1.10 bits per heavy atom. The number of benzene rings is 2. The van der Waals surface area contributed by atoms with Crippen LogP contribution in [0.5, 0.6) is 0 Å². The Kier molecular flexibility index (Phi) is 5.47. The minimum atomic E-state index is -0.465. The van der Waals surface area contributed by atoms with Gasteiger partial charge >= 0.3 is 0 Å². The van der Waals surface area contributed by atoms with Crippen LogP contribution in [0.3, 0.4) is 0 Å². The maximum atomic E-state index is 13.3. The van der Waals surface area contributed by atoms with E-state index in [0.29, 0.717) is 30.5 Å². The second-order valence-corrected chi connectivity index (χ2v) is 8.53. The van der Waals surface area contributed by atoms with Crippen molar-refractivity contribution in [1.29, 1.82) is 0 Å². The number of aryl methyl sites for hydroxylation is 1. The van der Waals surface area contributed by atoms with E-state index < -0.39 is 4.92 Å². The van der Waals surface area contributed by atoms with Crippen molar-refractivity contribution in [3.8, 4) is 0 Å². The predicted molar refractivity (Wildman–Crippen MR) is 117 cm³/mol. The molecular formula is C23H22N2O4S. The van der Waals surface area contributed by atoms with Gasteiger partial charge in [0, 0.05) is 41.0 Å². The summed E-state index contributed by atoms with van der Waals surface area (Å²) in [5.41, 5.74) is 3.06. The number of thioether (sulfide) groups is 1. The van der Waals surface area contributed by atoms with E-state index in [1.807, 2.05) is 30.5 Å². The number of ketones is 1. The third-order valence-electron chi connectivity index (χ3n) is 5.76. The van der Waals surface area contributed by atoms with Crippen molar-refractivity contribution in [2.45, 2.75) is 43.4 Å². The van der Waals surface area contributed by atoms with E-state index >= 15 is 0 Å². The number of carbonyl (C=O) groups excluding carboxylic acids is 2. The first-order valence-corrected chi connectivity index (χ1v) is 11.1. The largest absolute Gasteiger partial charge is 0.294 e. The standard InChI is InChI=1S/C23H22N2O4S/c1-14-6-11-18(20(12-14)25(28)29)24-19-4-3-5-21(26)23(19)17(13-22(24)27)15-7-9-16(30-2)10-8-15/h6-12,17H,3-5,13H2,1-2H3. The summed E-state index contributed by atoms with van der Waals surface area (Å²) in [5, 5.41) is 11.7. The van der Waals surface area contributed by atoms with Gasteiger partial charge < -0.3 is 0 Å². The van der Waals surface area contributed by atoms with Crippen molar-refractivity contribution in [3.63, 3.8) is 0 Å². The molecule has 2 aromatic carbocycles. The molecule has 0 saturated heterocycles. The van der Waals surface area contributed by atoms with Gasteiger partial charge in [0.2, 0.25) is 5.91 Å². The molecule has 0 aromatic heterocycles. The summed E-state index contributed by atoms with van der Waals surface area (Å²) >= 11 is 1.63. The number of hydrogen-bond acceptors (Lipinski definition) is 5. The Labute approximate surface area is 179 Å². The minimum absolute atomic E-state index is 0.0301. The lowest BCUT2D eigenvalue weighted by Gasteiger charge is -2.38. The van der Waals surface area contributed by atoms with E-state index in [-0.39, 0.29) is 35.4 Å². The molecular weight excluding hydrogens is 400 g/mol. The number of Topliss-reactive ketones (excluding diaryl/α,β-unsaturated/α-hetero) is 1. The smallest absolute Gasteiger partial charge is 0.293 e. The van der Waals surface area contributed by atoms with Gasteiger partial charge in [-0.25, -0.2) is 0 Å². The molecule has 2 aliphatic rings. The van der Waals surface area contributed by atoms with Crippen LogP contribution in [0.2, 0.25) is 0 Å². The Morgan fingerprint density at radius 3 is 2.50 bits per heavy atom. The predicted octanol–water partition coefficient (Wildman–Crippen LogP) is 5.15. The molecule has 1 aliphatic carbocycles. The van der Waals surface area contributed by atoms with Crippen molar-refractivity contribution < 1.29 is 14.5 Å². The summed E-state index contributed by atoms with van der Waals surface area (Å²) in [6.45, 7) is 1.78. The van der Waals surface area contributed by atoms with E-state index in [2.05, 4.69) is 0 Å². The highest BCUT2D eigenvalue weighted by Gasteiger charge is 2.41.